The van der Waals surface area contributed by atoms with Crippen LogP contribution >= 0.6 is 40.7 Å². The van der Waals surface area contributed by atoms with Crippen LogP contribution in [0.4, 0.5) is 0 Å². The number of pyridine rings is 1. The Hall–Kier alpha value is 0.130. The first-order chi connectivity index (χ1) is 8.31. The molecule has 1 aliphatic rings. The van der Waals surface area contributed by atoms with Gasteiger partial charge >= 0.3 is 0 Å². The molecule has 0 aliphatic carbocycles. The molecule has 1 aliphatic heterocycles. The smallest absolute Gasteiger partial charge is 0.106 e. The lowest BCUT2D eigenvalue weighted by atomic mass is 10.0. The normalized spacial score (nSPS) is 17.2. The highest BCUT2D eigenvalue weighted by atomic mass is 79.9. The summed E-state index contributed by atoms with van der Waals surface area (Å²) in [6.45, 7) is 6.67. The molecule has 1 saturated heterocycles. The van der Waals surface area contributed by atoms with Crippen LogP contribution in [0, 0.1) is 0 Å². The van der Waals surface area contributed by atoms with E-state index >= 15 is 0 Å². The molecular weight excluding hydrogens is 349 g/mol. The fraction of sp³-hybridized carbons (Fsp3) is 0.615. The highest BCUT2D eigenvalue weighted by Crippen LogP contribution is 2.25. The number of hydrogen-bond acceptors (Lipinski definition) is 3. The molecule has 1 aromatic rings. The largest absolute Gasteiger partial charge is 0.314 e. The molecule has 1 aromatic heterocycles. The number of piperazine rings is 1. The van der Waals surface area contributed by atoms with Crippen LogP contribution in [0.25, 0.3) is 0 Å². The lowest BCUT2D eigenvalue weighted by Gasteiger charge is -2.34. The Morgan fingerprint density at radius 2 is 2.00 bits per heavy atom. The van der Waals surface area contributed by atoms with Crippen molar-refractivity contribution in [3.05, 3.63) is 28.5 Å². The molecule has 0 bridgehead atoms. The molecule has 1 atom stereocenters. The number of aromatic nitrogens is 1. The van der Waals surface area contributed by atoms with Crippen molar-refractivity contribution < 1.29 is 0 Å². The fourth-order valence-electron chi connectivity index (χ4n) is 2.39. The van der Waals surface area contributed by atoms with E-state index in [1.54, 1.807) is 0 Å². The Bertz CT molecular complexity index is 359. The van der Waals surface area contributed by atoms with Gasteiger partial charge < -0.3 is 5.32 Å². The van der Waals surface area contributed by atoms with E-state index in [0.29, 0.717) is 6.04 Å². The zero-order valence-corrected chi connectivity index (χ0v) is 14.4. The Labute approximate surface area is 136 Å². The average Bonchev–Trinajstić information content (AvgIpc) is 2.37. The molecule has 0 saturated carbocycles. The van der Waals surface area contributed by atoms with Gasteiger partial charge in [-0.3, -0.25) is 4.90 Å². The summed E-state index contributed by atoms with van der Waals surface area (Å²) in [4.78, 5) is 7.17. The third kappa shape index (κ3) is 5.56. The minimum atomic E-state index is 0. The van der Waals surface area contributed by atoms with Gasteiger partial charge in [0.05, 0.1) is 11.7 Å². The van der Waals surface area contributed by atoms with Crippen molar-refractivity contribution in [1.29, 1.82) is 0 Å². The molecule has 1 fully saturated rings. The molecule has 0 spiro atoms. The van der Waals surface area contributed by atoms with E-state index in [4.69, 9.17) is 0 Å². The van der Waals surface area contributed by atoms with Crippen molar-refractivity contribution in [3.8, 4) is 0 Å². The fourth-order valence-corrected chi connectivity index (χ4v) is 2.75. The lowest BCUT2D eigenvalue weighted by Crippen LogP contribution is -2.45. The highest BCUT2D eigenvalue weighted by molar-refractivity contribution is 9.10. The van der Waals surface area contributed by atoms with Gasteiger partial charge in [-0.25, -0.2) is 4.98 Å². The van der Waals surface area contributed by atoms with Gasteiger partial charge in [0.2, 0.25) is 0 Å². The first-order valence-corrected chi connectivity index (χ1v) is 7.18. The van der Waals surface area contributed by atoms with Gasteiger partial charge in [0, 0.05) is 26.2 Å². The topological polar surface area (TPSA) is 28.2 Å². The summed E-state index contributed by atoms with van der Waals surface area (Å²) in [6.07, 6.45) is 2.38. The predicted octanol–water partition coefficient (Wildman–Crippen LogP) is 3.43. The molecule has 0 unspecified atom stereocenters. The first kappa shape index (κ1) is 19.1. The standard InChI is InChI=1S/C13H20BrN3.2ClH/c1-2-4-12(17-9-7-15-8-10-17)11-5-3-6-13(14)16-11;;/h3,5-6,12,15H,2,4,7-10H2,1H3;2*1H/t12-;;/m0../s1. The Morgan fingerprint density at radius 3 is 2.58 bits per heavy atom. The number of hydrogen-bond donors (Lipinski definition) is 1. The van der Waals surface area contributed by atoms with Gasteiger partial charge in [0.1, 0.15) is 4.60 Å². The molecular formula is C13H22BrCl2N3. The lowest BCUT2D eigenvalue weighted by molar-refractivity contribution is 0.161. The SMILES string of the molecule is CCC[C@@H](c1cccc(Br)n1)N1CCNCC1.Cl.Cl. The van der Waals surface area contributed by atoms with Crippen molar-refractivity contribution in [2.45, 2.75) is 25.8 Å². The quantitative estimate of drug-likeness (QED) is 0.823. The number of nitrogens with zero attached hydrogens (tertiary/aromatic N) is 2. The van der Waals surface area contributed by atoms with Crippen LogP contribution in [0.15, 0.2) is 22.8 Å². The molecule has 110 valence electrons. The third-order valence-electron chi connectivity index (χ3n) is 3.23. The van der Waals surface area contributed by atoms with E-state index in [9.17, 15) is 0 Å². The highest BCUT2D eigenvalue weighted by Gasteiger charge is 2.22. The molecule has 2 rings (SSSR count). The molecule has 1 N–H and O–H groups in total. The van der Waals surface area contributed by atoms with Crippen molar-refractivity contribution in [3.63, 3.8) is 0 Å². The maximum absolute atomic E-state index is 4.62. The molecule has 19 heavy (non-hydrogen) atoms. The third-order valence-corrected chi connectivity index (χ3v) is 3.67. The second-order valence-electron chi connectivity index (χ2n) is 4.48. The van der Waals surface area contributed by atoms with E-state index in [1.165, 1.54) is 18.5 Å². The summed E-state index contributed by atoms with van der Waals surface area (Å²) >= 11 is 3.46. The minimum absolute atomic E-state index is 0. The summed E-state index contributed by atoms with van der Waals surface area (Å²) < 4.78 is 0.936. The van der Waals surface area contributed by atoms with E-state index in [0.717, 1.165) is 30.8 Å². The first-order valence-electron chi connectivity index (χ1n) is 6.38. The van der Waals surface area contributed by atoms with E-state index < -0.39 is 0 Å². The zero-order chi connectivity index (χ0) is 12.1. The number of halogens is 3. The number of rotatable bonds is 4. The molecule has 0 radical (unpaired) electrons. The van der Waals surface area contributed by atoms with Crippen LogP contribution in [0.1, 0.15) is 31.5 Å². The summed E-state index contributed by atoms with van der Waals surface area (Å²) in [7, 11) is 0. The second kappa shape index (κ2) is 9.94. The molecule has 0 amide bonds. The zero-order valence-electron chi connectivity index (χ0n) is 11.1. The van der Waals surface area contributed by atoms with Crippen molar-refractivity contribution >= 4 is 40.7 Å². The van der Waals surface area contributed by atoms with Crippen LogP contribution in [-0.2, 0) is 0 Å². The second-order valence-corrected chi connectivity index (χ2v) is 5.29. The van der Waals surface area contributed by atoms with Crippen LogP contribution in [-0.4, -0.2) is 36.1 Å². The van der Waals surface area contributed by atoms with Gasteiger partial charge in [-0.1, -0.05) is 19.4 Å². The maximum atomic E-state index is 4.62. The van der Waals surface area contributed by atoms with Crippen molar-refractivity contribution in [2.75, 3.05) is 26.2 Å². The predicted molar refractivity (Wildman–Crippen MR) is 88.5 cm³/mol. The van der Waals surface area contributed by atoms with Gasteiger partial charge in [-0.2, -0.15) is 0 Å². The summed E-state index contributed by atoms with van der Waals surface area (Å²) in [5.74, 6) is 0. The van der Waals surface area contributed by atoms with Crippen LogP contribution in [0.3, 0.4) is 0 Å². The van der Waals surface area contributed by atoms with Gasteiger partial charge in [0.25, 0.3) is 0 Å². The van der Waals surface area contributed by atoms with Gasteiger partial charge in [0.15, 0.2) is 0 Å². The van der Waals surface area contributed by atoms with Crippen LogP contribution in [0.2, 0.25) is 0 Å². The molecule has 3 nitrogen and oxygen atoms in total. The van der Waals surface area contributed by atoms with Crippen molar-refractivity contribution in [1.82, 2.24) is 15.2 Å². The van der Waals surface area contributed by atoms with Crippen molar-refractivity contribution in [2.24, 2.45) is 0 Å². The van der Waals surface area contributed by atoms with Crippen LogP contribution < -0.4 is 5.32 Å². The van der Waals surface area contributed by atoms with E-state index in [2.05, 4.69) is 50.2 Å². The van der Waals surface area contributed by atoms with Gasteiger partial charge in [-0.05, 0) is 34.5 Å². The maximum Gasteiger partial charge on any atom is 0.106 e. The monoisotopic (exact) mass is 369 g/mol. The Kier molecular flexibility index (Phi) is 10.0. The summed E-state index contributed by atoms with van der Waals surface area (Å²) in [6, 6.07) is 6.69. The molecule has 6 heteroatoms. The molecule has 0 aromatic carbocycles. The Balaban J connectivity index is 0.00000162. The Morgan fingerprint density at radius 1 is 1.32 bits per heavy atom. The number of nitrogens with one attached hydrogen (secondary N) is 1. The van der Waals surface area contributed by atoms with E-state index in [-0.39, 0.29) is 24.8 Å². The van der Waals surface area contributed by atoms with Gasteiger partial charge in [-0.15, -0.1) is 24.8 Å². The summed E-state index contributed by atoms with van der Waals surface area (Å²) in [5, 5.41) is 3.40. The van der Waals surface area contributed by atoms with E-state index in [1.807, 2.05) is 6.07 Å². The minimum Gasteiger partial charge on any atom is -0.314 e. The summed E-state index contributed by atoms with van der Waals surface area (Å²) in [5.41, 5.74) is 1.20. The average molecular weight is 371 g/mol. The van der Waals surface area contributed by atoms with Crippen LogP contribution in [0.5, 0.6) is 0 Å². The molecule has 2 heterocycles.